The molecule has 8 heteroatoms. The average Bonchev–Trinajstić information content (AvgIpc) is 2.68. The maximum atomic E-state index is 14.2. The summed E-state index contributed by atoms with van der Waals surface area (Å²) in [5.41, 5.74) is 1.15. The molecule has 1 aliphatic heterocycles. The van der Waals surface area contributed by atoms with Gasteiger partial charge in [0, 0.05) is 12.6 Å². The van der Waals surface area contributed by atoms with Gasteiger partial charge in [0.25, 0.3) is 11.5 Å². The number of fused-ring (bicyclic) bond motifs is 1. The average molecular weight is 417 g/mol. The van der Waals surface area contributed by atoms with Gasteiger partial charge in [-0.15, -0.1) is 0 Å². The molecule has 0 radical (unpaired) electrons. The fourth-order valence-corrected chi connectivity index (χ4v) is 3.42. The number of amides is 1. The number of pyridine rings is 1. The highest BCUT2D eigenvalue weighted by Gasteiger charge is 2.32. The van der Waals surface area contributed by atoms with Crippen LogP contribution in [0.2, 0.25) is 0 Å². The van der Waals surface area contributed by atoms with Crippen LogP contribution < -0.4 is 10.9 Å². The predicted octanol–water partition coefficient (Wildman–Crippen LogP) is 3.32. The SMILES string of the molecule is Cc1c2c(c(Nc3ccccc3F)n(C)c1=O)C(=O)N(OCCOC(C)(C)C)CC2. The van der Waals surface area contributed by atoms with Gasteiger partial charge >= 0.3 is 0 Å². The number of rotatable bonds is 6. The van der Waals surface area contributed by atoms with Crippen LogP contribution >= 0.6 is 0 Å². The summed E-state index contributed by atoms with van der Waals surface area (Å²) in [6, 6.07) is 6.12. The van der Waals surface area contributed by atoms with Crippen molar-refractivity contribution in [1.82, 2.24) is 9.63 Å². The second-order valence-corrected chi connectivity index (χ2v) is 8.25. The van der Waals surface area contributed by atoms with Gasteiger partial charge in [-0.2, -0.15) is 0 Å². The number of para-hydroxylation sites is 1. The lowest BCUT2D eigenvalue weighted by atomic mass is 9.96. The first-order valence-corrected chi connectivity index (χ1v) is 9.93. The van der Waals surface area contributed by atoms with Crippen LogP contribution in [0.4, 0.5) is 15.9 Å². The van der Waals surface area contributed by atoms with E-state index in [-0.39, 0.29) is 35.2 Å². The zero-order chi connectivity index (χ0) is 22.1. The molecule has 0 fully saturated rings. The van der Waals surface area contributed by atoms with Crippen LogP contribution in [0.25, 0.3) is 0 Å². The Morgan fingerprint density at radius 3 is 2.53 bits per heavy atom. The van der Waals surface area contributed by atoms with Gasteiger partial charge in [-0.25, -0.2) is 9.45 Å². The van der Waals surface area contributed by atoms with Crippen LogP contribution in [-0.4, -0.2) is 40.9 Å². The van der Waals surface area contributed by atoms with Crippen molar-refractivity contribution in [1.29, 1.82) is 0 Å². The zero-order valence-corrected chi connectivity index (χ0v) is 18.0. The molecule has 0 unspecified atom stereocenters. The van der Waals surface area contributed by atoms with Gasteiger partial charge in [0.15, 0.2) is 0 Å². The van der Waals surface area contributed by atoms with Crippen molar-refractivity contribution < 1.29 is 18.8 Å². The van der Waals surface area contributed by atoms with Gasteiger partial charge in [-0.1, -0.05) is 12.1 Å². The molecule has 30 heavy (non-hydrogen) atoms. The second-order valence-electron chi connectivity index (χ2n) is 8.25. The molecule has 0 bridgehead atoms. The number of hydrogen-bond donors (Lipinski definition) is 1. The van der Waals surface area contributed by atoms with Gasteiger partial charge in [-0.05, 0) is 51.8 Å². The molecule has 0 saturated heterocycles. The Labute approximate surface area is 175 Å². The van der Waals surface area contributed by atoms with Crippen molar-refractivity contribution in [2.24, 2.45) is 7.05 Å². The number of carbonyl (C=O) groups is 1. The summed E-state index contributed by atoms with van der Waals surface area (Å²) in [7, 11) is 1.56. The van der Waals surface area contributed by atoms with Crippen LogP contribution in [-0.2, 0) is 23.0 Å². The summed E-state index contributed by atoms with van der Waals surface area (Å²) in [5.74, 6) is -0.602. The third-order valence-corrected chi connectivity index (χ3v) is 4.95. The van der Waals surface area contributed by atoms with E-state index in [4.69, 9.17) is 9.57 Å². The highest BCUT2D eigenvalue weighted by Crippen LogP contribution is 2.30. The van der Waals surface area contributed by atoms with Crippen LogP contribution in [0.3, 0.4) is 0 Å². The Hall–Kier alpha value is -2.71. The molecule has 2 aromatic rings. The monoisotopic (exact) mass is 417 g/mol. The maximum Gasteiger partial charge on any atom is 0.281 e. The molecular weight excluding hydrogens is 389 g/mol. The number of hydroxylamine groups is 2. The molecule has 0 atom stereocenters. The van der Waals surface area contributed by atoms with Crippen LogP contribution in [0.1, 0.15) is 42.3 Å². The zero-order valence-electron chi connectivity index (χ0n) is 18.0. The quantitative estimate of drug-likeness (QED) is 0.730. The van der Waals surface area contributed by atoms with E-state index >= 15 is 0 Å². The molecule has 0 spiro atoms. The fourth-order valence-electron chi connectivity index (χ4n) is 3.42. The van der Waals surface area contributed by atoms with E-state index in [9.17, 15) is 14.0 Å². The molecule has 0 aliphatic carbocycles. The predicted molar refractivity (Wildman–Crippen MR) is 113 cm³/mol. The Bertz CT molecular complexity index is 1010. The summed E-state index contributed by atoms with van der Waals surface area (Å²) < 4.78 is 21.2. The molecule has 162 valence electrons. The highest BCUT2D eigenvalue weighted by atomic mass is 19.1. The minimum atomic E-state index is -0.477. The van der Waals surface area contributed by atoms with Crippen LogP contribution in [0, 0.1) is 12.7 Å². The Kier molecular flexibility index (Phi) is 6.28. The molecule has 1 N–H and O–H groups in total. The Morgan fingerprint density at radius 1 is 1.17 bits per heavy atom. The van der Waals surface area contributed by atoms with E-state index in [1.165, 1.54) is 15.7 Å². The number of hydrogen-bond acceptors (Lipinski definition) is 5. The second kappa shape index (κ2) is 8.57. The van der Waals surface area contributed by atoms with E-state index in [0.717, 1.165) is 0 Å². The summed E-state index contributed by atoms with van der Waals surface area (Å²) in [6.45, 7) is 8.42. The van der Waals surface area contributed by atoms with Crippen LogP contribution in [0.15, 0.2) is 29.1 Å². The lowest BCUT2D eigenvalue weighted by molar-refractivity contribution is -0.148. The van der Waals surface area contributed by atoms with Gasteiger partial charge in [-0.3, -0.25) is 19.0 Å². The highest BCUT2D eigenvalue weighted by molar-refractivity contribution is 6.01. The normalized spacial score (nSPS) is 14.1. The van der Waals surface area contributed by atoms with Crippen molar-refractivity contribution in [2.45, 2.75) is 39.7 Å². The maximum absolute atomic E-state index is 14.2. The molecule has 1 aliphatic rings. The largest absolute Gasteiger partial charge is 0.373 e. The smallest absolute Gasteiger partial charge is 0.281 e. The van der Waals surface area contributed by atoms with Gasteiger partial charge in [0.1, 0.15) is 11.6 Å². The van der Waals surface area contributed by atoms with E-state index in [1.54, 1.807) is 32.2 Å². The van der Waals surface area contributed by atoms with E-state index < -0.39 is 5.82 Å². The molecule has 7 nitrogen and oxygen atoms in total. The summed E-state index contributed by atoms with van der Waals surface area (Å²) >= 11 is 0. The molecular formula is C22H28FN3O4. The Morgan fingerprint density at radius 2 is 1.87 bits per heavy atom. The number of carbonyl (C=O) groups excluding carboxylic acids is 1. The first-order chi connectivity index (χ1) is 14.1. The van der Waals surface area contributed by atoms with Crippen molar-refractivity contribution in [2.75, 3.05) is 25.1 Å². The van der Waals surface area contributed by atoms with Crippen molar-refractivity contribution >= 4 is 17.4 Å². The van der Waals surface area contributed by atoms with Gasteiger partial charge in [0.2, 0.25) is 0 Å². The van der Waals surface area contributed by atoms with E-state index in [0.29, 0.717) is 36.3 Å². The molecule has 1 aromatic heterocycles. The molecule has 2 heterocycles. The number of nitrogens with zero attached hydrogens (tertiary/aromatic N) is 2. The van der Waals surface area contributed by atoms with E-state index in [2.05, 4.69) is 5.32 Å². The molecule has 1 aromatic carbocycles. The fraction of sp³-hybridized carbons (Fsp3) is 0.455. The first-order valence-electron chi connectivity index (χ1n) is 9.93. The van der Waals surface area contributed by atoms with Crippen molar-refractivity contribution in [3.8, 4) is 0 Å². The number of aromatic nitrogens is 1. The first kappa shape index (κ1) is 22.0. The van der Waals surface area contributed by atoms with Crippen molar-refractivity contribution in [3.63, 3.8) is 0 Å². The third kappa shape index (κ3) is 4.55. The van der Waals surface area contributed by atoms with E-state index in [1.807, 2.05) is 20.8 Å². The number of anilines is 2. The Balaban J connectivity index is 1.92. The lowest BCUT2D eigenvalue weighted by Gasteiger charge is -2.31. The third-order valence-electron chi connectivity index (χ3n) is 4.95. The minimum absolute atomic E-state index is 0.183. The number of ether oxygens (including phenoxy) is 1. The summed E-state index contributed by atoms with van der Waals surface area (Å²) in [4.78, 5) is 31.6. The molecule has 0 saturated carbocycles. The molecule has 1 amide bonds. The summed E-state index contributed by atoms with van der Waals surface area (Å²) in [6.07, 6.45) is 0.467. The molecule has 3 rings (SSSR count). The van der Waals surface area contributed by atoms with Crippen LogP contribution in [0.5, 0.6) is 0 Å². The standard InChI is InChI=1S/C22H28FN3O4/c1-14-15-10-11-26(30-13-12-29-22(2,3)4)21(28)18(15)19(25(5)20(14)27)24-17-9-7-6-8-16(17)23/h6-9,24H,10-13H2,1-5H3. The summed E-state index contributed by atoms with van der Waals surface area (Å²) in [5, 5.41) is 4.22. The number of halogens is 1. The van der Waals surface area contributed by atoms with Crippen molar-refractivity contribution in [3.05, 3.63) is 57.1 Å². The topological polar surface area (TPSA) is 72.8 Å². The van der Waals surface area contributed by atoms with Gasteiger partial charge < -0.3 is 10.1 Å². The van der Waals surface area contributed by atoms with Gasteiger partial charge in [0.05, 0.1) is 36.6 Å². The lowest BCUT2D eigenvalue weighted by Crippen LogP contribution is -2.41. The number of nitrogens with one attached hydrogen (secondary N) is 1. The number of benzene rings is 1. The minimum Gasteiger partial charge on any atom is -0.373 e.